The lowest BCUT2D eigenvalue weighted by Crippen LogP contribution is -2.19. The molecule has 6 heteroatoms. The number of rotatable bonds is 3. The summed E-state index contributed by atoms with van der Waals surface area (Å²) in [5.74, 6) is -0.444. The molecule has 0 atom stereocenters. The van der Waals surface area contributed by atoms with E-state index in [-0.39, 0.29) is 16.3 Å². The van der Waals surface area contributed by atoms with Crippen LogP contribution in [0.4, 0.5) is 17.6 Å². The van der Waals surface area contributed by atoms with Crippen LogP contribution in [0.25, 0.3) is 11.1 Å². The molecular formula is C14H9ClF4O. The maximum atomic E-state index is 13.7. The monoisotopic (exact) mass is 304 g/mol. The van der Waals surface area contributed by atoms with E-state index in [1.54, 1.807) is 0 Å². The third-order valence-corrected chi connectivity index (χ3v) is 2.82. The largest absolute Gasteiger partial charge is 0.484 e. The summed E-state index contributed by atoms with van der Waals surface area (Å²) in [6.45, 7) is -1.37. The summed E-state index contributed by atoms with van der Waals surface area (Å²) in [6.07, 6.45) is -4.40. The zero-order chi connectivity index (χ0) is 14.8. The van der Waals surface area contributed by atoms with Crippen LogP contribution in [0.5, 0.6) is 5.75 Å². The smallest absolute Gasteiger partial charge is 0.422 e. The van der Waals surface area contributed by atoms with Gasteiger partial charge in [0.25, 0.3) is 0 Å². The first-order valence-electron chi connectivity index (χ1n) is 5.61. The molecule has 2 aromatic carbocycles. The van der Waals surface area contributed by atoms with Crippen LogP contribution in [-0.2, 0) is 0 Å². The fourth-order valence-electron chi connectivity index (χ4n) is 1.66. The predicted molar refractivity (Wildman–Crippen MR) is 68.4 cm³/mol. The van der Waals surface area contributed by atoms with Gasteiger partial charge in [-0.2, -0.15) is 13.2 Å². The summed E-state index contributed by atoms with van der Waals surface area (Å²) in [5, 5.41) is 0.231. The fourth-order valence-corrected chi connectivity index (χ4v) is 1.93. The van der Waals surface area contributed by atoms with Gasteiger partial charge in [-0.1, -0.05) is 29.8 Å². The minimum absolute atomic E-state index is 0.0542. The van der Waals surface area contributed by atoms with Crippen molar-refractivity contribution >= 4 is 11.6 Å². The summed E-state index contributed by atoms with van der Waals surface area (Å²) in [5.41, 5.74) is 0.670. The van der Waals surface area contributed by atoms with E-state index < -0.39 is 18.6 Å². The zero-order valence-corrected chi connectivity index (χ0v) is 10.8. The van der Waals surface area contributed by atoms with Crippen molar-refractivity contribution < 1.29 is 22.3 Å². The Bertz CT molecular complexity index is 573. The van der Waals surface area contributed by atoms with Gasteiger partial charge < -0.3 is 4.74 Å². The fraction of sp³-hybridized carbons (Fsp3) is 0.143. The van der Waals surface area contributed by atoms with Crippen LogP contribution < -0.4 is 4.74 Å². The second kappa shape index (κ2) is 5.71. The Kier molecular flexibility index (Phi) is 4.18. The molecule has 2 aromatic rings. The Balaban J connectivity index is 2.20. The van der Waals surface area contributed by atoms with E-state index in [1.807, 2.05) is 0 Å². The minimum atomic E-state index is -4.40. The van der Waals surface area contributed by atoms with Crippen molar-refractivity contribution in [2.24, 2.45) is 0 Å². The molecule has 0 saturated heterocycles. The molecule has 0 heterocycles. The van der Waals surface area contributed by atoms with Crippen LogP contribution in [0, 0.1) is 5.82 Å². The summed E-state index contributed by atoms with van der Waals surface area (Å²) in [7, 11) is 0. The van der Waals surface area contributed by atoms with Gasteiger partial charge in [0.2, 0.25) is 0 Å². The molecule has 0 aromatic heterocycles. The van der Waals surface area contributed by atoms with Gasteiger partial charge >= 0.3 is 6.18 Å². The Hall–Kier alpha value is -1.75. The third kappa shape index (κ3) is 3.63. The Labute approximate surface area is 117 Å². The molecule has 106 valence electrons. The molecule has 0 N–H and O–H groups in total. The highest BCUT2D eigenvalue weighted by Gasteiger charge is 2.28. The summed E-state index contributed by atoms with van der Waals surface area (Å²) >= 11 is 5.90. The number of alkyl halides is 3. The van der Waals surface area contributed by atoms with E-state index in [0.29, 0.717) is 5.56 Å². The van der Waals surface area contributed by atoms with Crippen molar-refractivity contribution in [3.8, 4) is 16.9 Å². The van der Waals surface area contributed by atoms with Crippen LogP contribution in [-0.4, -0.2) is 12.8 Å². The van der Waals surface area contributed by atoms with E-state index in [1.165, 1.54) is 42.5 Å². The van der Waals surface area contributed by atoms with Crippen LogP contribution in [0.2, 0.25) is 5.02 Å². The van der Waals surface area contributed by atoms with Crippen LogP contribution >= 0.6 is 11.6 Å². The maximum absolute atomic E-state index is 13.7. The quantitative estimate of drug-likeness (QED) is 0.718. The average Bonchev–Trinajstić information content (AvgIpc) is 2.37. The molecule has 0 amide bonds. The molecule has 0 spiro atoms. The molecule has 0 aliphatic heterocycles. The average molecular weight is 305 g/mol. The third-order valence-electron chi connectivity index (χ3n) is 2.51. The second-order valence-corrected chi connectivity index (χ2v) is 4.43. The van der Waals surface area contributed by atoms with Gasteiger partial charge in [0.1, 0.15) is 11.6 Å². The molecule has 20 heavy (non-hydrogen) atoms. The number of benzene rings is 2. The van der Waals surface area contributed by atoms with Crippen molar-refractivity contribution in [2.75, 3.05) is 6.61 Å². The van der Waals surface area contributed by atoms with Crippen molar-refractivity contribution in [3.05, 3.63) is 53.3 Å². The van der Waals surface area contributed by atoms with Gasteiger partial charge in [-0.25, -0.2) is 4.39 Å². The lowest BCUT2D eigenvalue weighted by Gasteiger charge is -2.10. The minimum Gasteiger partial charge on any atom is -0.484 e. The van der Waals surface area contributed by atoms with Crippen LogP contribution in [0.15, 0.2) is 42.5 Å². The van der Waals surface area contributed by atoms with E-state index in [0.717, 1.165) is 0 Å². The highest BCUT2D eigenvalue weighted by atomic mass is 35.5. The van der Waals surface area contributed by atoms with E-state index in [4.69, 9.17) is 11.6 Å². The first-order valence-corrected chi connectivity index (χ1v) is 5.98. The molecule has 0 saturated carbocycles. The van der Waals surface area contributed by atoms with Crippen molar-refractivity contribution in [3.63, 3.8) is 0 Å². The Morgan fingerprint density at radius 3 is 2.20 bits per heavy atom. The van der Waals surface area contributed by atoms with Crippen molar-refractivity contribution in [1.82, 2.24) is 0 Å². The van der Waals surface area contributed by atoms with Crippen LogP contribution in [0.3, 0.4) is 0 Å². The van der Waals surface area contributed by atoms with Crippen LogP contribution in [0.1, 0.15) is 0 Å². The zero-order valence-electron chi connectivity index (χ0n) is 10.0. The molecule has 1 nitrogen and oxygen atoms in total. The lowest BCUT2D eigenvalue weighted by atomic mass is 10.1. The van der Waals surface area contributed by atoms with Gasteiger partial charge in [0.05, 0.1) is 5.02 Å². The summed E-state index contributed by atoms with van der Waals surface area (Å²) < 4.78 is 54.2. The molecule has 0 fully saturated rings. The Morgan fingerprint density at radius 1 is 1.00 bits per heavy atom. The summed E-state index contributed by atoms with van der Waals surface area (Å²) in [6, 6.07) is 9.85. The lowest BCUT2D eigenvalue weighted by molar-refractivity contribution is -0.153. The number of hydrogen-bond acceptors (Lipinski definition) is 1. The standard InChI is InChI=1S/C14H9ClF4O/c15-11-2-1-3-12(16)13(11)9-4-6-10(7-5-9)20-8-14(17,18)19/h1-7H,8H2. The van der Waals surface area contributed by atoms with Crippen molar-refractivity contribution in [1.29, 1.82) is 0 Å². The van der Waals surface area contributed by atoms with E-state index >= 15 is 0 Å². The molecule has 0 unspecified atom stereocenters. The maximum Gasteiger partial charge on any atom is 0.422 e. The summed E-state index contributed by atoms with van der Waals surface area (Å²) in [4.78, 5) is 0. The first kappa shape index (κ1) is 14.7. The molecule has 0 radical (unpaired) electrons. The molecule has 2 rings (SSSR count). The SMILES string of the molecule is Fc1cccc(Cl)c1-c1ccc(OCC(F)(F)F)cc1. The predicted octanol–water partition coefficient (Wildman–Crippen LogP) is 5.09. The highest BCUT2D eigenvalue weighted by Crippen LogP contribution is 2.31. The van der Waals surface area contributed by atoms with Gasteiger partial charge in [-0.15, -0.1) is 0 Å². The molecular weight excluding hydrogens is 296 g/mol. The number of hydrogen-bond donors (Lipinski definition) is 0. The molecule has 0 aliphatic rings. The molecule has 0 bridgehead atoms. The van der Waals surface area contributed by atoms with E-state index in [9.17, 15) is 17.6 Å². The number of halogens is 5. The number of ether oxygens (including phenoxy) is 1. The highest BCUT2D eigenvalue weighted by molar-refractivity contribution is 6.33. The Morgan fingerprint density at radius 2 is 1.65 bits per heavy atom. The topological polar surface area (TPSA) is 9.23 Å². The van der Waals surface area contributed by atoms with Crippen molar-refractivity contribution in [2.45, 2.75) is 6.18 Å². The van der Waals surface area contributed by atoms with Gasteiger partial charge in [0.15, 0.2) is 6.61 Å². The first-order chi connectivity index (χ1) is 9.37. The normalized spacial score (nSPS) is 11.4. The van der Waals surface area contributed by atoms with Gasteiger partial charge in [-0.3, -0.25) is 0 Å². The van der Waals surface area contributed by atoms with E-state index in [2.05, 4.69) is 4.74 Å². The van der Waals surface area contributed by atoms with Gasteiger partial charge in [-0.05, 0) is 29.8 Å². The molecule has 0 aliphatic carbocycles. The van der Waals surface area contributed by atoms with Gasteiger partial charge in [0, 0.05) is 5.56 Å². The second-order valence-electron chi connectivity index (χ2n) is 4.02.